The maximum Gasteiger partial charge on any atom is 0.257 e. The predicted molar refractivity (Wildman–Crippen MR) is 116 cm³/mol. The molecule has 176 valence electrons. The van der Waals surface area contributed by atoms with Crippen molar-refractivity contribution in [2.24, 2.45) is 0 Å². The van der Waals surface area contributed by atoms with E-state index >= 15 is 0 Å². The van der Waals surface area contributed by atoms with Crippen LogP contribution in [0.3, 0.4) is 0 Å². The zero-order valence-corrected chi connectivity index (χ0v) is 18.2. The van der Waals surface area contributed by atoms with Crippen molar-refractivity contribution in [2.75, 3.05) is 26.4 Å². The Hall–Kier alpha value is -4.19. The maximum atomic E-state index is 12.4. The number of fused-ring (bicyclic) bond motifs is 1. The van der Waals surface area contributed by atoms with Crippen LogP contribution < -0.4 is 11.1 Å². The van der Waals surface area contributed by atoms with E-state index in [1.807, 2.05) is 0 Å². The Morgan fingerprint density at radius 1 is 1.26 bits per heavy atom. The molecular weight excluding hydrogens is 446 g/mol. The summed E-state index contributed by atoms with van der Waals surface area (Å²) in [4.78, 5) is 45.9. The molecule has 0 aromatic carbocycles. The largest absolute Gasteiger partial charge is 0.387 e. The Morgan fingerprint density at radius 3 is 2.71 bits per heavy atom. The summed E-state index contributed by atoms with van der Waals surface area (Å²) in [7, 11) is 2.97. The molecule has 1 aliphatic rings. The smallest absolute Gasteiger partial charge is 0.257 e. The van der Waals surface area contributed by atoms with Gasteiger partial charge in [-0.3, -0.25) is 14.2 Å². The number of carbonyl (C=O) groups is 2. The molecule has 3 aromatic heterocycles. The number of anilines is 1. The zero-order valence-electron chi connectivity index (χ0n) is 18.2. The maximum absolute atomic E-state index is 12.4. The van der Waals surface area contributed by atoms with Gasteiger partial charge in [0.1, 0.15) is 24.1 Å². The van der Waals surface area contributed by atoms with Crippen molar-refractivity contribution in [1.82, 2.24) is 39.7 Å². The number of nitrogens with one attached hydrogen (secondary N) is 1. The number of rotatable bonds is 4. The van der Waals surface area contributed by atoms with E-state index in [0.29, 0.717) is 5.56 Å². The highest BCUT2D eigenvalue weighted by Crippen LogP contribution is 2.32. The number of ether oxygens (including phenoxy) is 1. The van der Waals surface area contributed by atoms with Gasteiger partial charge in [0.05, 0.1) is 18.4 Å². The van der Waals surface area contributed by atoms with Crippen molar-refractivity contribution in [3.8, 4) is 11.8 Å². The van der Waals surface area contributed by atoms with E-state index in [0.717, 1.165) is 0 Å². The van der Waals surface area contributed by atoms with Crippen LogP contribution in [0.1, 0.15) is 22.4 Å². The fraction of sp³-hybridized carbons (Fsp3) is 0.350. The third kappa shape index (κ3) is 4.22. The average molecular weight is 467 g/mol. The lowest BCUT2D eigenvalue weighted by Gasteiger charge is -2.16. The van der Waals surface area contributed by atoms with Gasteiger partial charge in [0.25, 0.3) is 11.8 Å². The molecule has 1 fully saturated rings. The molecule has 4 atom stereocenters. The van der Waals surface area contributed by atoms with E-state index in [2.05, 4.69) is 42.1 Å². The van der Waals surface area contributed by atoms with E-state index < -0.39 is 30.4 Å². The van der Waals surface area contributed by atoms with Crippen LogP contribution in [0.5, 0.6) is 0 Å². The molecule has 1 saturated heterocycles. The third-order valence-electron chi connectivity index (χ3n) is 5.14. The zero-order chi connectivity index (χ0) is 24.4. The number of carbonyl (C=O) groups excluding carboxylic acids is 2. The molecule has 0 spiro atoms. The fourth-order valence-corrected chi connectivity index (χ4v) is 3.37. The van der Waals surface area contributed by atoms with Crippen LogP contribution in [-0.2, 0) is 9.53 Å². The van der Waals surface area contributed by atoms with Crippen LogP contribution in [0.15, 0.2) is 25.0 Å². The SMILES string of the molecule is CNC(=O)[C@H]1O[C@@H](n2cnc3c(N)nc(C#CCN(C)C(=O)c4cncnc4)nc32)C(O)[C@@H]1O. The number of aliphatic hydroxyl groups is 2. The summed E-state index contributed by atoms with van der Waals surface area (Å²) in [5.41, 5.74) is 6.74. The van der Waals surface area contributed by atoms with Crippen molar-refractivity contribution in [2.45, 2.75) is 24.5 Å². The number of nitrogen functional groups attached to an aromatic ring is 1. The first-order valence-corrected chi connectivity index (χ1v) is 10.0. The van der Waals surface area contributed by atoms with Crippen molar-refractivity contribution < 1.29 is 24.5 Å². The van der Waals surface area contributed by atoms with Gasteiger partial charge in [-0.05, 0) is 5.92 Å². The first-order chi connectivity index (χ1) is 16.3. The lowest BCUT2D eigenvalue weighted by molar-refractivity contribution is -0.137. The Bertz CT molecular complexity index is 1290. The molecular formula is C20H21N9O5. The minimum Gasteiger partial charge on any atom is -0.387 e. The normalized spacial score (nSPS) is 21.6. The number of hydrogen-bond acceptors (Lipinski definition) is 11. The molecule has 0 saturated carbocycles. The molecule has 3 aromatic rings. The van der Waals surface area contributed by atoms with Crippen LogP contribution in [0.2, 0.25) is 0 Å². The van der Waals surface area contributed by atoms with E-state index in [4.69, 9.17) is 10.5 Å². The molecule has 0 bridgehead atoms. The molecule has 34 heavy (non-hydrogen) atoms. The van der Waals surface area contributed by atoms with E-state index in [1.54, 1.807) is 7.05 Å². The summed E-state index contributed by atoms with van der Waals surface area (Å²) >= 11 is 0. The average Bonchev–Trinajstić information content (AvgIpc) is 3.39. The van der Waals surface area contributed by atoms with Crippen LogP contribution in [0, 0.1) is 11.8 Å². The number of nitrogens with two attached hydrogens (primary N) is 1. The topological polar surface area (TPSA) is 194 Å². The first kappa shape index (κ1) is 23.0. The first-order valence-electron chi connectivity index (χ1n) is 10.0. The fourth-order valence-electron chi connectivity index (χ4n) is 3.37. The minimum absolute atomic E-state index is 0.0369. The Labute approximate surface area is 192 Å². The molecule has 4 rings (SSSR count). The highest BCUT2D eigenvalue weighted by atomic mass is 16.6. The van der Waals surface area contributed by atoms with Crippen LogP contribution in [0.25, 0.3) is 11.2 Å². The molecule has 1 unspecified atom stereocenters. The van der Waals surface area contributed by atoms with Gasteiger partial charge in [0.2, 0.25) is 5.82 Å². The highest BCUT2D eigenvalue weighted by Gasteiger charge is 2.47. The summed E-state index contributed by atoms with van der Waals surface area (Å²) in [6, 6.07) is 0. The number of likely N-dealkylation sites (N-methyl/N-ethyl adjacent to an activating group) is 1. The van der Waals surface area contributed by atoms with Crippen LogP contribution >= 0.6 is 0 Å². The lowest BCUT2D eigenvalue weighted by Crippen LogP contribution is -2.41. The molecule has 2 amide bonds. The summed E-state index contributed by atoms with van der Waals surface area (Å²) < 4.78 is 6.92. The van der Waals surface area contributed by atoms with Crippen LogP contribution in [0.4, 0.5) is 5.82 Å². The third-order valence-corrected chi connectivity index (χ3v) is 5.14. The van der Waals surface area contributed by atoms with Gasteiger partial charge in [0.15, 0.2) is 23.8 Å². The summed E-state index contributed by atoms with van der Waals surface area (Å²) in [5.74, 6) is 4.74. The second kappa shape index (κ2) is 9.35. The summed E-state index contributed by atoms with van der Waals surface area (Å²) in [5, 5.41) is 23.0. The van der Waals surface area contributed by atoms with Gasteiger partial charge in [-0.25, -0.2) is 24.9 Å². The van der Waals surface area contributed by atoms with E-state index in [1.165, 1.54) is 41.6 Å². The number of amides is 2. The number of hydrogen-bond donors (Lipinski definition) is 4. The van der Waals surface area contributed by atoms with Crippen molar-refractivity contribution in [1.29, 1.82) is 0 Å². The highest BCUT2D eigenvalue weighted by molar-refractivity contribution is 5.93. The second-order valence-electron chi connectivity index (χ2n) is 7.39. The number of nitrogens with zero attached hydrogens (tertiary/aromatic N) is 7. The quantitative estimate of drug-likeness (QED) is 0.301. The molecule has 1 aliphatic heterocycles. The molecule has 5 N–H and O–H groups in total. The lowest BCUT2D eigenvalue weighted by atomic mass is 10.1. The molecule has 4 heterocycles. The van der Waals surface area contributed by atoms with Crippen molar-refractivity contribution in [3.05, 3.63) is 36.4 Å². The number of aromatic nitrogens is 6. The van der Waals surface area contributed by atoms with Gasteiger partial charge < -0.3 is 30.9 Å². The van der Waals surface area contributed by atoms with Gasteiger partial charge in [-0.15, -0.1) is 0 Å². The van der Waals surface area contributed by atoms with Crippen molar-refractivity contribution >= 4 is 28.8 Å². The van der Waals surface area contributed by atoms with Crippen molar-refractivity contribution in [3.63, 3.8) is 0 Å². The summed E-state index contributed by atoms with van der Waals surface area (Å²) in [6.07, 6.45) is 0.156. The second-order valence-corrected chi connectivity index (χ2v) is 7.39. The predicted octanol–water partition coefficient (Wildman–Crippen LogP) is -2.31. The summed E-state index contributed by atoms with van der Waals surface area (Å²) in [6.45, 7) is 0.0682. The molecule has 14 heteroatoms. The standard InChI is InChI=1S/C20H21N9O5/c1-22-18(32)15-13(30)14(31)20(34-15)29-9-25-12-16(21)26-11(27-17(12)29)4-3-5-28(2)19(33)10-6-23-8-24-7-10/h6-9,13-15,20,30-31H,5H2,1-2H3,(H,22,32)(H2,21,26,27)/t13-,14?,15-,20+/m0/s1. The molecule has 14 nitrogen and oxygen atoms in total. The molecule has 0 radical (unpaired) electrons. The number of imidazole rings is 1. The minimum atomic E-state index is -1.45. The Morgan fingerprint density at radius 2 is 2.00 bits per heavy atom. The van der Waals surface area contributed by atoms with Gasteiger partial charge >= 0.3 is 0 Å². The molecule has 0 aliphatic carbocycles. The van der Waals surface area contributed by atoms with E-state index in [9.17, 15) is 19.8 Å². The van der Waals surface area contributed by atoms with Gasteiger partial charge in [-0.1, -0.05) is 5.92 Å². The number of aliphatic hydroxyl groups excluding tert-OH is 2. The van der Waals surface area contributed by atoms with Gasteiger partial charge in [-0.2, -0.15) is 0 Å². The Kier molecular flexibility index (Phi) is 6.32. The monoisotopic (exact) mass is 467 g/mol. The van der Waals surface area contributed by atoms with Crippen LogP contribution in [-0.4, -0.2) is 95.4 Å². The Balaban J connectivity index is 1.57. The van der Waals surface area contributed by atoms with Gasteiger partial charge in [0, 0.05) is 26.5 Å². The van der Waals surface area contributed by atoms with E-state index in [-0.39, 0.29) is 35.3 Å².